The summed E-state index contributed by atoms with van der Waals surface area (Å²) in [5, 5.41) is 4.36. The molecule has 3 heterocycles. The van der Waals surface area contributed by atoms with Gasteiger partial charge in [-0.1, -0.05) is 18.2 Å². The van der Waals surface area contributed by atoms with Gasteiger partial charge in [0.15, 0.2) is 0 Å². The maximum atomic E-state index is 5.89. The quantitative estimate of drug-likeness (QED) is 0.437. The second-order valence-electron chi connectivity index (χ2n) is 7.64. The first-order valence-corrected chi connectivity index (χ1v) is 10.8. The van der Waals surface area contributed by atoms with Crippen LogP contribution in [0.3, 0.4) is 0 Å². The second-order valence-corrected chi connectivity index (χ2v) is 7.64. The van der Waals surface area contributed by atoms with E-state index in [0.717, 1.165) is 30.3 Å². The Hall–Kier alpha value is -3.48. The Morgan fingerprint density at radius 3 is 2.77 bits per heavy atom. The van der Waals surface area contributed by atoms with Crippen LogP contribution in [0.25, 0.3) is 0 Å². The van der Waals surface area contributed by atoms with Gasteiger partial charge in [0.25, 0.3) is 0 Å². The van der Waals surface area contributed by atoms with Crippen LogP contribution in [-0.4, -0.2) is 40.9 Å². The third-order valence-electron chi connectivity index (χ3n) is 5.12. The van der Waals surface area contributed by atoms with E-state index in [4.69, 9.17) is 4.74 Å². The largest absolute Gasteiger partial charge is 0.463 e. The van der Waals surface area contributed by atoms with Gasteiger partial charge in [0, 0.05) is 37.5 Å². The molecule has 31 heavy (non-hydrogen) atoms. The van der Waals surface area contributed by atoms with E-state index in [-0.39, 0.29) is 0 Å². The summed E-state index contributed by atoms with van der Waals surface area (Å²) in [7, 11) is 0. The standard InChI is InChI=1S/C24H28N6O/c1-19-8-7-10-21(16-19)29-26-18-22-17-23(30-13-5-2-6-14-30)28-24(27-22)31-15-11-20-9-3-4-12-25-20/h3-4,7-10,12,16-18,29H,2,5-6,11,13-15H2,1H3/b26-18+. The summed E-state index contributed by atoms with van der Waals surface area (Å²) >= 11 is 0. The van der Waals surface area contributed by atoms with Crippen molar-refractivity contribution in [3.63, 3.8) is 0 Å². The zero-order chi connectivity index (χ0) is 21.3. The maximum Gasteiger partial charge on any atom is 0.318 e. The first kappa shape index (κ1) is 20.8. The SMILES string of the molecule is Cc1cccc(N/N=C/c2cc(N3CCCCC3)nc(OCCc3ccccn3)n2)c1. The fraction of sp³-hybridized carbons (Fsp3) is 0.333. The lowest BCUT2D eigenvalue weighted by atomic mass is 10.1. The number of benzene rings is 1. The van der Waals surface area contributed by atoms with E-state index in [1.807, 2.05) is 42.5 Å². The lowest BCUT2D eigenvalue weighted by molar-refractivity contribution is 0.295. The average molecular weight is 417 g/mol. The van der Waals surface area contributed by atoms with Crippen LogP contribution in [0.15, 0.2) is 59.8 Å². The van der Waals surface area contributed by atoms with Gasteiger partial charge in [-0.15, -0.1) is 0 Å². The Bertz CT molecular complexity index is 1000. The maximum absolute atomic E-state index is 5.89. The molecule has 0 saturated carbocycles. The molecule has 1 aromatic carbocycles. The van der Waals surface area contributed by atoms with Crippen molar-refractivity contribution in [1.29, 1.82) is 0 Å². The first-order valence-electron chi connectivity index (χ1n) is 10.8. The number of pyridine rings is 1. The van der Waals surface area contributed by atoms with Crippen molar-refractivity contribution >= 4 is 17.7 Å². The third-order valence-corrected chi connectivity index (χ3v) is 5.12. The lowest BCUT2D eigenvalue weighted by Crippen LogP contribution is -2.30. The van der Waals surface area contributed by atoms with Crippen molar-refractivity contribution in [1.82, 2.24) is 15.0 Å². The number of nitrogens with one attached hydrogen (secondary N) is 1. The highest BCUT2D eigenvalue weighted by Gasteiger charge is 2.15. The average Bonchev–Trinajstić information content (AvgIpc) is 2.80. The molecule has 0 unspecified atom stereocenters. The minimum Gasteiger partial charge on any atom is -0.463 e. The monoisotopic (exact) mass is 416 g/mol. The summed E-state index contributed by atoms with van der Waals surface area (Å²) in [6, 6.07) is 16.3. The Labute approximate surface area is 183 Å². The summed E-state index contributed by atoms with van der Waals surface area (Å²) < 4.78 is 5.89. The van der Waals surface area contributed by atoms with Crippen molar-refractivity contribution in [3.8, 4) is 6.01 Å². The molecule has 0 bridgehead atoms. The minimum atomic E-state index is 0.371. The number of aromatic nitrogens is 3. The number of aryl methyl sites for hydroxylation is 1. The predicted octanol–water partition coefficient (Wildman–Crippen LogP) is 4.24. The molecule has 3 aromatic rings. The van der Waals surface area contributed by atoms with E-state index < -0.39 is 0 Å². The summed E-state index contributed by atoms with van der Waals surface area (Å²) in [4.78, 5) is 15.8. The fourth-order valence-corrected chi connectivity index (χ4v) is 3.53. The topological polar surface area (TPSA) is 75.5 Å². The van der Waals surface area contributed by atoms with Gasteiger partial charge in [-0.25, -0.2) is 0 Å². The Kier molecular flexibility index (Phi) is 7.05. The zero-order valence-corrected chi connectivity index (χ0v) is 17.9. The molecule has 0 spiro atoms. The summed E-state index contributed by atoms with van der Waals surface area (Å²) in [6.45, 7) is 4.53. The third kappa shape index (κ3) is 6.25. The molecule has 2 aromatic heterocycles. The van der Waals surface area contributed by atoms with Gasteiger partial charge in [0.1, 0.15) is 5.82 Å². The van der Waals surface area contributed by atoms with Gasteiger partial charge < -0.3 is 9.64 Å². The van der Waals surface area contributed by atoms with Gasteiger partial charge in [-0.3, -0.25) is 10.4 Å². The van der Waals surface area contributed by atoms with E-state index in [2.05, 4.69) is 43.4 Å². The van der Waals surface area contributed by atoms with Gasteiger partial charge in [-0.05, 0) is 56.0 Å². The number of hydrogen-bond acceptors (Lipinski definition) is 7. The smallest absolute Gasteiger partial charge is 0.318 e. The highest BCUT2D eigenvalue weighted by molar-refractivity contribution is 5.79. The molecule has 1 aliphatic rings. The van der Waals surface area contributed by atoms with Crippen LogP contribution in [0.2, 0.25) is 0 Å². The van der Waals surface area contributed by atoms with Gasteiger partial charge in [0.2, 0.25) is 0 Å². The second kappa shape index (κ2) is 10.5. The highest BCUT2D eigenvalue weighted by Crippen LogP contribution is 2.20. The van der Waals surface area contributed by atoms with Crippen LogP contribution < -0.4 is 15.1 Å². The number of anilines is 2. The number of hydrogen-bond donors (Lipinski definition) is 1. The molecule has 0 radical (unpaired) electrons. The van der Waals surface area contributed by atoms with Gasteiger partial charge in [0.05, 0.1) is 24.2 Å². The zero-order valence-electron chi connectivity index (χ0n) is 17.9. The lowest BCUT2D eigenvalue weighted by Gasteiger charge is -2.27. The normalized spacial score (nSPS) is 14.0. The van der Waals surface area contributed by atoms with E-state index >= 15 is 0 Å². The number of rotatable bonds is 8. The van der Waals surface area contributed by atoms with E-state index in [0.29, 0.717) is 24.7 Å². The molecule has 1 aliphatic heterocycles. The van der Waals surface area contributed by atoms with Crippen molar-refractivity contribution in [2.24, 2.45) is 5.10 Å². The van der Waals surface area contributed by atoms with Crippen LogP contribution in [0.4, 0.5) is 11.5 Å². The van der Waals surface area contributed by atoms with Crippen LogP contribution in [0, 0.1) is 6.92 Å². The Morgan fingerprint density at radius 1 is 1.06 bits per heavy atom. The molecule has 0 amide bonds. The number of ether oxygens (including phenoxy) is 1. The Morgan fingerprint density at radius 2 is 1.97 bits per heavy atom. The molecular weight excluding hydrogens is 388 g/mol. The Balaban J connectivity index is 1.47. The van der Waals surface area contributed by atoms with E-state index in [1.54, 1.807) is 12.4 Å². The fourth-order valence-electron chi connectivity index (χ4n) is 3.53. The van der Waals surface area contributed by atoms with E-state index in [1.165, 1.54) is 24.8 Å². The van der Waals surface area contributed by atoms with Gasteiger partial charge >= 0.3 is 6.01 Å². The predicted molar refractivity (Wildman–Crippen MR) is 124 cm³/mol. The molecule has 1 saturated heterocycles. The minimum absolute atomic E-state index is 0.371. The number of hydrazone groups is 1. The van der Waals surface area contributed by atoms with Crippen molar-refractivity contribution < 1.29 is 4.74 Å². The van der Waals surface area contributed by atoms with Crippen LogP contribution in [-0.2, 0) is 6.42 Å². The van der Waals surface area contributed by atoms with E-state index in [9.17, 15) is 0 Å². The molecular formula is C24H28N6O. The van der Waals surface area contributed by atoms with Crippen molar-refractivity contribution in [2.45, 2.75) is 32.6 Å². The molecule has 0 atom stereocenters. The molecule has 160 valence electrons. The van der Waals surface area contributed by atoms with Crippen molar-refractivity contribution in [3.05, 3.63) is 71.7 Å². The van der Waals surface area contributed by atoms with Gasteiger partial charge in [-0.2, -0.15) is 15.1 Å². The highest BCUT2D eigenvalue weighted by atomic mass is 16.5. The summed E-state index contributed by atoms with van der Waals surface area (Å²) in [5.41, 5.74) is 6.88. The van der Waals surface area contributed by atoms with Crippen LogP contribution >= 0.6 is 0 Å². The molecule has 1 fully saturated rings. The number of nitrogens with zero attached hydrogens (tertiary/aromatic N) is 5. The molecule has 1 N–H and O–H groups in total. The molecule has 7 heteroatoms. The first-order chi connectivity index (χ1) is 15.3. The summed E-state index contributed by atoms with van der Waals surface area (Å²) in [6.07, 6.45) is 7.83. The molecule has 7 nitrogen and oxygen atoms in total. The van der Waals surface area contributed by atoms with Crippen molar-refractivity contribution in [2.75, 3.05) is 30.0 Å². The number of piperidine rings is 1. The van der Waals surface area contributed by atoms with Crippen LogP contribution in [0.1, 0.15) is 36.2 Å². The van der Waals surface area contributed by atoms with Crippen LogP contribution in [0.5, 0.6) is 6.01 Å². The molecule has 0 aliphatic carbocycles. The summed E-state index contributed by atoms with van der Waals surface area (Å²) in [5.74, 6) is 0.888. The molecule has 4 rings (SSSR count).